The fourth-order valence-corrected chi connectivity index (χ4v) is 2.98. The molecule has 19 heavy (non-hydrogen) atoms. The van der Waals surface area contributed by atoms with Crippen molar-refractivity contribution in [2.24, 2.45) is 0 Å². The number of nitrogen functional groups attached to an aromatic ring is 1. The number of hydrogen-bond acceptors (Lipinski definition) is 4. The predicted molar refractivity (Wildman–Crippen MR) is 83.4 cm³/mol. The van der Waals surface area contributed by atoms with Crippen LogP contribution < -0.4 is 11.1 Å². The van der Waals surface area contributed by atoms with Crippen LogP contribution in [-0.4, -0.2) is 10.9 Å². The first-order valence-corrected chi connectivity index (χ1v) is 7.44. The Bertz CT molecular complexity index is 660. The highest BCUT2D eigenvalue weighted by Gasteiger charge is 2.17. The fourth-order valence-electron chi connectivity index (χ4n) is 1.43. The Hall–Kier alpha value is -0.820. The lowest BCUT2D eigenvalue weighted by Crippen LogP contribution is -2.12. The maximum absolute atomic E-state index is 12.1. The van der Waals surface area contributed by atoms with E-state index >= 15 is 0 Å². The molecular formula is C11H8BrCl2N3OS. The van der Waals surface area contributed by atoms with Gasteiger partial charge in [-0.05, 0) is 35.0 Å². The number of nitrogens with zero attached hydrogens (tertiary/aromatic N) is 1. The molecule has 1 heterocycles. The van der Waals surface area contributed by atoms with Crippen LogP contribution >= 0.6 is 50.5 Å². The van der Waals surface area contributed by atoms with Crippen molar-refractivity contribution in [3.63, 3.8) is 0 Å². The van der Waals surface area contributed by atoms with Gasteiger partial charge in [0.15, 0.2) is 5.13 Å². The number of carbonyl (C=O) groups is 1. The molecule has 0 bridgehead atoms. The zero-order valence-electron chi connectivity index (χ0n) is 9.63. The number of aryl methyl sites for hydroxylation is 1. The van der Waals surface area contributed by atoms with E-state index in [-0.39, 0.29) is 10.9 Å². The lowest BCUT2D eigenvalue weighted by molar-refractivity contribution is 0.103. The van der Waals surface area contributed by atoms with Crippen molar-refractivity contribution in [2.45, 2.75) is 6.92 Å². The molecule has 8 heteroatoms. The van der Waals surface area contributed by atoms with Crippen molar-refractivity contribution < 1.29 is 4.79 Å². The molecular weight excluding hydrogens is 373 g/mol. The number of benzene rings is 1. The van der Waals surface area contributed by atoms with Gasteiger partial charge in [0.25, 0.3) is 5.91 Å². The first-order chi connectivity index (χ1) is 8.90. The molecule has 0 aliphatic rings. The summed E-state index contributed by atoms with van der Waals surface area (Å²) in [7, 11) is 0. The normalized spacial score (nSPS) is 10.5. The molecule has 1 aromatic carbocycles. The van der Waals surface area contributed by atoms with Crippen molar-refractivity contribution in [3.8, 4) is 0 Å². The first kappa shape index (κ1) is 14.6. The molecule has 0 fully saturated rings. The molecule has 3 N–H and O–H groups in total. The van der Waals surface area contributed by atoms with E-state index in [4.69, 9.17) is 28.9 Å². The number of carbonyl (C=O) groups excluding carboxylic acids is 1. The number of halogens is 3. The van der Waals surface area contributed by atoms with Gasteiger partial charge in [-0.2, -0.15) is 0 Å². The van der Waals surface area contributed by atoms with Crippen molar-refractivity contribution in [3.05, 3.63) is 37.2 Å². The summed E-state index contributed by atoms with van der Waals surface area (Å²) in [6, 6.07) is 3.37. The predicted octanol–water partition coefficient (Wildman–Crippen LogP) is 4.36. The van der Waals surface area contributed by atoms with E-state index in [9.17, 15) is 4.79 Å². The summed E-state index contributed by atoms with van der Waals surface area (Å²) >= 11 is 16.4. The van der Waals surface area contributed by atoms with Gasteiger partial charge in [-0.25, -0.2) is 4.98 Å². The van der Waals surface area contributed by atoms with E-state index in [1.165, 1.54) is 0 Å². The second-order valence-corrected chi connectivity index (χ2v) is 6.28. The van der Waals surface area contributed by atoms with Gasteiger partial charge in [-0.1, -0.05) is 34.5 Å². The molecule has 0 aliphatic heterocycles. The number of anilines is 2. The lowest BCUT2D eigenvalue weighted by Gasteiger charge is -2.08. The summed E-state index contributed by atoms with van der Waals surface area (Å²) in [6.45, 7) is 1.72. The number of hydrogen-bond donors (Lipinski definition) is 2. The van der Waals surface area contributed by atoms with Crippen molar-refractivity contribution >= 4 is 67.2 Å². The zero-order valence-corrected chi connectivity index (χ0v) is 13.5. The van der Waals surface area contributed by atoms with Crippen LogP contribution in [0.25, 0.3) is 0 Å². The molecule has 1 aromatic heterocycles. The lowest BCUT2D eigenvalue weighted by atomic mass is 10.3. The monoisotopic (exact) mass is 379 g/mol. The molecule has 0 saturated carbocycles. The zero-order chi connectivity index (χ0) is 14.2. The fraction of sp³-hybridized carbons (Fsp3) is 0.0909. The summed E-state index contributed by atoms with van der Waals surface area (Å²) in [5.41, 5.74) is 6.58. The number of amides is 1. The molecule has 2 rings (SSSR count). The third-order valence-electron chi connectivity index (χ3n) is 2.30. The van der Waals surface area contributed by atoms with Crippen LogP contribution in [0.3, 0.4) is 0 Å². The highest BCUT2D eigenvalue weighted by molar-refractivity contribution is 9.10. The minimum Gasteiger partial charge on any atom is -0.375 e. The van der Waals surface area contributed by atoms with Gasteiger partial charge in [0.05, 0.1) is 21.4 Å². The van der Waals surface area contributed by atoms with Crippen LogP contribution in [0, 0.1) is 6.92 Å². The largest absolute Gasteiger partial charge is 0.375 e. The van der Waals surface area contributed by atoms with Gasteiger partial charge in [-0.3, -0.25) is 4.79 Å². The number of nitrogens with one attached hydrogen (secondary N) is 1. The Kier molecular flexibility index (Phi) is 4.35. The van der Waals surface area contributed by atoms with Gasteiger partial charge in [0.1, 0.15) is 4.88 Å². The van der Waals surface area contributed by atoms with Gasteiger partial charge in [0, 0.05) is 4.47 Å². The SMILES string of the molecule is Cc1nc(N)sc1C(=O)Nc1ccc(Br)c(Cl)c1Cl. The molecule has 0 saturated heterocycles. The third kappa shape index (κ3) is 3.02. The van der Waals surface area contributed by atoms with Crippen molar-refractivity contribution in [1.82, 2.24) is 4.98 Å². The second-order valence-electron chi connectivity index (χ2n) is 3.64. The molecule has 0 aliphatic carbocycles. The van der Waals surface area contributed by atoms with Crippen LogP contribution in [-0.2, 0) is 0 Å². The number of rotatable bonds is 2. The third-order valence-corrected chi connectivity index (χ3v) is 5.06. The number of aromatic nitrogens is 1. The van der Waals surface area contributed by atoms with E-state index in [1.807, 2.05) is 0 Å². The number of thiazole rings is 1. The van der Waals surface area contributed by atoms with Crippen molar-refractivity contribution in [1.29, 1.82) is 0 Å². The van der Waals surface area contributed by atoms with E-state index in [1.54, 1.807) is 19.1 Å². The van der Waals surface area contributed by atoms with Gasteiger partial charge >= 0.3 is 0 Å². The Morgan fingerprint density at radius 1 is 1.42 bits per heavy atom. The molecule has 0 radical (unpaired) electrons. The highest BCUT2D eigenvalue weighted by Crippen LogP contribution is 2.36. The summed E-state index contributed by atoms with van der Waals surface area (Å²) < 4.78 is 0.662. The molecule has 0 spiro atoms. The standard InChI is InChI=1S/C11H8BrCl2N3OS/c1-4-9(19-11(15)16-4)10(18)17-6-3-2-5(12)7(13)8(6)14/h2-3H,1H3,(H2,15,16)(H,17,18). The molecule has 0 unspecified atom stereocenters. The molecule has 100 valence electrons. The van der Waals surface area contributed by atoms with Crippen LogP contribution in [0.4, 0.5) is 10.8 Å². The molecule has 4 nitrogen and oxygen atoms in total. The number of nitrogens with two attached hydrogens (primary N) is 1. The van der Waals surface area contributed by atoms with Crippen LogP contribution in [0.2, 0.25) is 10.0 Å². The minimum atomic E-state index is -0.313. The van der Waals surface area contributed by atoms with E-state index < -0.39 is 0 Å². The smallest absolute Gasteiger partial charge is 0.267 e. The van der Waals surface area contributed by atoms with Gasteiger partial charge < -0.3 is 11.1 Å². The van der Waals surface area contributed by atoms with E-state index in [2.05, 4.69) is 26.2 Å². The average Bonchev–Trinajstić information content (AvgIpc) is 2.69. The Balaban J connectivity index is 2.29. The van der Waals surface area contributed by atoms with Crippen LogP contribution in [0.1, 0.15) is 15.4 Å². The van der Waals surface area contributed by atoms with Crippen molar-refractivity contribution in [2.75, 3.05) is 11.1 Å². The maximum Gasteiger partial charge on any atom is 0.267 e. The van der Waals surface area contributed by atoms with Gasteiger partial charge in [0.2, 0.25) is 0 Å². The van der Waals surface area contributed by atoms with E-state index in [0.29, 0.717) is 30.9 Å². The Morgan fingerprint density at radius 2 is 2.11 bits per heavy atom. The molecule has 1 amide bonds. The van der Waals surface area contributed by atoms with E-state index in [0.717, 1.165) is 11.3 Å². The average molecular weight is 381 g/mol. The summed E-state index contributed by atoms with van der Waals surface area (Å²) in [5.74, 6) is -0.313. The van der Waals surface area contributed by atoms with Crippen LogP contribution in [0.5, 0.6) is 0 Å². The molecule has 0 atom stereocenters. The topological polar surface area (TPSA) is 68.0 Å². The first-order valence-electron chi connectivity index (χ1n) is 5.08. The van der Waals surface area contributed by atoms with Crippen LogP contribution in [0.15, 0.2) is 16.6 Å². The summed E-state index contributed by atoms with van der Waals surface area (Å²) in [4.78, 5) is 16.5. The summed E-state index contributed by atoms with van der Waals surface area (Å²) in [6.07, 6.45) is 0. The second kappa shape index (κ2) is 5.66. The highest BCUT2D eigenvalue weighted by atomic mass is 79.9. The summed E-state index contributed by atoms with van der Waals surface area (Å²) in [5, 5.41) is 3.66. The minimum absolute atomic E-state index is 0.277. The molecule has 2 aromatic rings. The Morgan fingerprint density at radius 3 is 2.68 bits per heavy atom. The Labute approximate surface area is 132 Å². The van der Waals surface area contributed by atoms with Gasteiger partial charge in [-0.15, -0.1) is 0 Å². The quantitative estimate of drug-likeness (QED) is 0.760. The maximum atomic E-state index is 12.1.